The molecule has 1 atom stereocenters. The minimum Gasteiger partial charge on any atom is -0.490 e. The van der Waals surface area contributed by atoms with Crippen molar-refractivity contribution in [2.24, 2.45) is 0 Å². The molecule has 0 amide bonds. The molecule has 0 aromatic heterocycles. The van der Waals surface area contributed by atoms with Gasteiger partial charge in [0.25, 0.3) is 0 Å². The zero-order valence-electron chi connectivity index (χ0n) is 8.66. The lowest BCUT2D eigenvalue weighted by atomic mass is 10.2. The molecule has 0 heterocycles. The fourth-order valence-corrected chi connectivity index (χ4v) is 1.72. The van der Waals surface area contributed by atoms with Crippen molar-refractivity contribution in [3.63, 3.8) is 0 Å². The second-order valence-electron chi connectivity index (χ2n) is 3.44. The standard InChI is InChI=1S/C11H13BrO3/c1-7-5-9(12)3-4-10(7)15-8(2)6-11(13)14/h3-5,8H,6H2,1-2H3,(H,13,14)/t8-/m1/s1. The maximum absolute atomic E-state index is 10.5. The number of aryl methyl sites for hydroxylation is 1. The molecule has 82 valence electrons. The second-order valence-corrected chi connectivity index (χ2v) is 4.35. The van der Waals surface area contributed by atoms with Crippen LogP contribution in [0.3, 0.4) is 0 Å². The summed E-state index contributed by atoms with van der Waals surface area (Å²) in [6, 6.07) is 5.64. The summed E-state index contributed by atoms with van der Waals surface area (Å²) in [7, 11) is 0. The number of aliphatic carboxylic acids is 1. The monoisotopic (exact) mass is 272 g/mol. The lowest BCUT2D eigenvalue weighted by Gasteiger charge is -2.14. The Hall–Kier alpha value is -1.03. The average Bonchev–Trinajstić information content (AvgIpc) is 2.08. The molecule has 1 aromatic carbocycles. The number of rotatable bonds is 4. The van der Waals surface area contributed by atoms with Crippen LogP contribution in [0.5, 0.6) is 5.75 Å². The summed E-state index contributed by atoms with van der Waals surface area (Å²) < 4.78 is 6.49. The third kappa shape index (κ3) is 3.91. The molecule has 0 saturated heterocycles. The first kappa shape index (κ1) is 12.0. The van der Waals surface area contributed by atoms with Crippen molar-refractivity contribution in [2.75, 3.05) is 0 Å². The lowest BCUT2D eigenvalue weighted by molar-refractivity contribution is -0.138. The number of halogens is 1. The van der Waals surface area contributed by atoms with Gasteiger partial charge >= 0.3 is 5.97 Å². The van der Waals surface area contributed by atoms with Gasteiger partial charge in [-0.15, -0.1) is 0 Å². The van der Waals surface area contributed by atoms with Gasteiger partial charge < -0.3 is 9.84 Å². The summed E-state index contributed by atoms with van der Waals surface area (Å²) in [5.41, 5.74) is 0.988. The molecule has 0 fully saturated rings. The molecule has 1 aromatic rings. The zero-order valence-corrected chi connectivity index (χ0v) is 10.2. The second kappa shape index (κ2) is 5.16. The van der Waals surface area contributed by atoms with Crippen LogP contribution in [0, 0.1) is 6.92 Å². The van der Waals surface area contributed by atoms with Gasteiger partial charge in [0.1, 0.15) is 11.9 Å². The van der Waals surface area contributed by atoms with Crippen molar-refractivity contribution in [2.45, 2.75) is 26.4 Å². The van der Waals surface area contributed by atoms with Crippen molar-refractivity contribution < 1.29 is 14.6 Å². The van der Waals surface area contributed by atoms with E-state index in [0.717, 1.165) is 15.8 Å². The molecule has 15 heavy (non-hydrogen) atoms. The van der Waals surface area contributed by atoms with Crippen LogP contribution >= 0.6 is 15.9 Å². The quantitative estimate of drug-likeness (QED) is 0.917. The van der Waals surface area contributed by atoms with E-state index in [2.05, 4.69) is 15.9 Å². The highest BCUT2D eigenvalue weighted by atomic mass is 79.9. The van der Waals surface area contributed by atoms with Gasteiger partial charge in [-0.05, 0) is 37.6 Å². The maximum Gasteiger partial charge on any atom is 0.307 e. The van der Waals surface area contributed by atoms with E-state index in [1.807, 2.05) is 25.1 Å². The van der Waals surface area contributed by atoms with Crippen LogP contribution in [0.15, 0.2) is 22.7 Å². The number of carboxylic acids is 1. The number of hydrogen-bond donors (Lipinski definition) is 1. The fraction of sp³-hybridized carbons (Fsp3) is 0.364. The van der Waals surface area contributed by atoms with Crippen LogP contribution in [0.25, 0.3) is 0 Å². The fourth-order valence-electron chi connectivity index (χ4n) is 1.25. The van der Waals surface area contributed by atoms with Gasteiger partial charge in [-0.2, -0.15) is 0 Å². The molecule has 1 rings (SSSR count). The maximum atomic E-state index is 10.5. The van der Waals surface area contributed by atoms with E-state index >= 15 is 0 Å². The van der Waals surface area contributed by atoms with Gasteiger partial charge in [-0.3, -0.25) is 4.79 Å². The van der Waals surface area contributed by atoms with Gasteiger partial charge in [0.15, 0.2) is 0 Å². The number of carbonyl (C=O) groups is 1. The normalized spacial score (nSPS) is 12.2. The summed E-state index contributed by atoms with van der Waals surface area (Å²) in [4.78, 5) is 10.5. The topological polar surface area (TPSA) is 46.5 Å². The largest absolute Gasteiger partial charge is 0.490 e. The number of benzene rings is 1. The number of carboxylic acid groups (broad SMARTS) is 1. The molecular weight excluding hydrogens is 260 g/mol. The smallest absolute Gasteiger partial charge is 0.307 e. The molecule has 4 heteroatoms. The summed E-state index contributed by atoms with van der Waals surface area (Å²) >= 11 is 3.35. The number of ether oxygens (including phenoxy) is 1. The Bertz CT molecular complexity index is 363. The Kier molecular flexibility index (Phi) is 4.15. The SMILES string of the molecule is Cc1cc(Br)ccc1O[C@H](C)CC(=O)O. The summed E-state index contributed by atoms with van der Waals surface area (Å²) in [6.45, 7) is 3.67. The molecule has 3 nitrogen and oxygen atoms in total. The molecule has 1 N–H and O–H groups in total. The minimum atomic E-state index is -0.850. The molecule has 0 unspecified atom stereocenters. The highest BCUT2D eigenvalue weighted by Gasteiger charge is 2.10. The van der Waals surface area contributed by atoms with Gasteiger partial charge in [0.2, 0.25) is 0 Å². The highest BCUT2D eigenvalue weighted by molar-refractivity contribution is 9.10. The van der Waals surface area contributed by atoms with E-state index in [1.54, 1.807) is 6.92 Å². The molecule has 0 saturated carbocycles. The van der Waals surface area contributed by atoms with Gasteiger partial charge in [-0.1, -0.05) is 15.9 Å². The van der Waals surface area contributed by atoms with Crippen molar-refractivity contribution in [3.05, 3.63) is 28.2 Å². The van der Waals surface area contributed by atoms with E-state index in [9.17, 15) is 4.79 Å². The molecule has 0 aliphatic heterocycles. The third-order valence-corrected chi connectivity index (χ3v) is 2.42. The molecule has 0 aliphatic carbocycles. The van der Waals surface area contributed by atoms with Crippen LogP contribution in [-0.2, 0) is 4.79 Å². The van der Waals surface area contributed by atoms with E-state index < -0.39 is 5.97 Å². The molecule has 0 aliphatic rings. The van der Waals surface area contributed by atoms with Crippen LogP contribution in [0.2, 0.25) is 0 Å². The van der Waals surface area contributed by atoms with Crippen LogP contribution in [0.4, 0.5) is 0 Å². The molecule has 0 spiro atoms. The Morgan fingerprint density at radius 1 is 1.60 bits per heavy atom. The predicted octanol–water partition coefficient (Wildman–Crippen LogP) is 3.00. The van der Waals surface area contributed by atoms with E-state index in [-0.39, 0.29) is 12.5 Å². The van der Waals surface area contributed by atoms with Crippen molar-refractivity contribution in [1.82, 2.24) is 0 Å². The zero-order chi connectivity index (χ0) is 11.4. The Labute approximate surface area is 97.2 Å². The van der Waals surface area contributed by atoms with Crippen molar-refractivity contribution in [1.29, 1.82) is 0 Å². The summed E-state index contributed by atoms with van der Waals surface area (Å²) in [5.74, 6) is -0.121. The van der Waals surface area contributed by atoms with E-state index in [0.29, 0.717) is 0 Å². The van der Waals surface area contributed by atoms with Gasteiger partial charge in [0, 0.05) is 4.47 Å². The lowest BCUT2D eigenvalue weighted by Crippen LogP contribution is -2.17. The molecule has 0 bridgehead atoms. The average molecular weight is 273 g/mol. The summed E-state index contributed by atoms with van der Waals surface area (Å²) in [5, 5.41) is 8.59. The first-order valence-electron chi connectivity index (χ1n) is 4.63. The van der Waals surface area contributed by atoms with Crippen LogP contribution < -0.4 is 4.74 Å². The van der Waals surface area contributed by atoms with Gasteiger partial charge in [-0.25, -0.2) is 0 Å². The Balaban J connectivity index is 2.68. The molecular formula is C11H13BrO3. The van der Waals surface area contributed by atoms with Crippen LogP contribution in [-0.4, -0.2) is 17.2 Å². The minimum absolute atomic E-state index is 0.00943. The van der Waals surface area contributed by atoms with Crippen molar-refractivity contribution in [3.8, 4) is 5.75 Å². The third-order valence-electron chi connectivity index (χ3n) is 1.93. The van der Waals surface area contributed by atoms with E-state index in [4.69, 9.17) is 9.84 Å². The number of hydrogen-bond acceptors (Lipinski definition) is 2. The van der Waals surface area contributed by atoms with Gasteiger partial charge in [0.05, 0.1) is 6.42 Å². The first-order valence-corrected chi connectivity index (χ1v) is 5.43. The first-order chi connectivity index (χ1) is 6.99. The Morgan fingerprint density at radius 2 is 2.27 bits per heavy atom. The Morgan fingerprint density at radius 3 is 2.80 bits per heavy atom. The summed E-state index contributed by atoms with van der Waals surface area (Å²) in [6.07, 6.45) is -0.308. The predicted molar refractivity (Wildman–Crippen MR) is 61.2 cm³/mol. The molecule has 0 radical (unpaired) electrons. The van der Waals surface area contributed by atoms with Crippen LogP contribution in [0.1, 0.15) is 18.9 Å². The van der Waals surface area contributed by atoms with E-state index in [1.165, 1.54) is 0 Å². The highest BCUT2D eigenvalue weighted by Crippen LogP contribution is 2.23. The van der Waals surface area contributed by atoms with Crippen molar-refractivity contribution >= 4 is 21.9 Å².